The molecule has 0 saturated carbocycles. The molecule has 0 aliphatic heterocycles. The second-order valence-corrected chi connectivity index (χ2v) is 7.18. The van der Waals surface area contributed by atoms with Crippen molar-refractivity contribution in [1.29, 1.82) is 0 Å². The number of aromatic nitrogens is 1. The highest BCUT2D eigenvalue weighted by molar-refractivity contribution is 7.17. The van der Waals surface area contributed by atoms with Crippen LogP contribution in [0, 0.1) is 0 Å². The van der Waals surface area contributed by atoms with Gasteiger partial charge < -0.3 is 24.7 Å². The summed E-state index contributed by atoms with van der Waals surface area (Å²) in [4.78, 5) is 24.4. The van der Waals surface area contributed by atoms with E-state index in [4.69, 9.17) is 9.47 Å². The molecule has 28 heavy (non-hydrogen) atoms. The molecule has 7 nitrogen and oxygen atoms in total. The summed E-state index contributed by atoms with van der Waals surface area (Å²) >= 11 is 1.58. The van der Waals surface area contributed by atoms with Crippen LogP contribution in [0.3, 0.4) is 0 Å². The molecule has 0 unspecified atom stereocenters. The quantitative estimate of drug-likeness (QED) is 0.607. The Hall–Kier alpha value is -3.00. The van der Waals surface area contributed by atoms with E-state index in [0.29, 0.717) is 30.2 Å². The summed E-state index contributed by atoms with van der Waals surface area (Å²) < 4.78 is 13.4. The Labute approximate surface area is 167 Å². The van der Waals surface area contributed by atoms with Crippen molar-refractivity contribution in [1.82, 2.24) is 15.2 Å². The van der Waals surface area contributed by atoms with Gasteiger partial charge in [0, 0.05) is 13.6 Å². The fraction of sp³-hybridized carbons (Fsp3) is 0.300. The van der Waals surface area contributed by atoms with Crippen LogP contribution >= 0.6 is 11.3 Å². The number of amides is 2. The number of hydrogen-bond donors (Lipinski definition) is 2. The summed E-state index contributed by atoms with van der Waals surface area (Å²) in [6, 6.07) is 9.45. The summed E-state index contributed by atoms with van der Waals surface area (Å²) in [5.74, 6) is 0.824. The van der Waals surface area contributed by atoms with Crippen molar-refractivity contribution in [3.05, 3.63) is 47.0 Å². The van der Waals surface area contributed by atoms with Crippen LogP contribution in [0.4, 0.5) is 0 Å². The van der Waals surface area contributed by atoms with Crippen molar-refractivity contribution in [2.45, 2.75) is 6.42 Å². The number of ether oxygens (including phenoxy) is 2. The molecular weight excluding hydrogens is 378 g/mol. The van der Waals surface area contributed by atoms with Crippen molar-refractivity contribution in [2.24, 2.45) is 7.05 Å². The van der Waals surface area contributed by atoms with Crippen LogP contribution in [0.25, 0.3) is 10.2 Å². The largest absolute Gasteiger partial charge is 0.493 e. The maximum atomic E-state index is 12.3. The van der Waals surface area contributed by atoms with Gasteiger partial charge in [-0.15, -0.1) is 11.3 Å². The van der Waals surface area contributed by atoms with Gasteiger partial charge in [-0.2, -0.15) is 0 Å². The molecule has 2 aromatic heterocycles. The molecule has 2 amide bonds. The molecular formula is C20H23N3O4S. The number of nitrogens with one attached hydrogen (secondary N) is 2. The highest BCUT2D eigenvalue weighted by Crippen LogP contribution is 2.27. The van der Waals surface area contributed by atoms with E-state index in [1.165, 1.54) is 0 Å². The van der Waals surface area contributed by atoms with Crippen molar-refractivity contribution in [2.75, 3.05) is 27.3 Å². The van der Waals surface area contributed by atoms with Crippen molar-refractivity contribution in [3.8, 4) is 11.5 Å². The van der Waals surface area contributed by atoms with Gasteiger partial charge in [-0.1, -0.05) is 6.07 Å². The molecule has 0 fully saturated rings. The average Bonchev–Trinajstić information content (AvgIpc) is 3.29. The molecule has 0 bridgehead atoms. The lowest BCUT2D eigenvalue weighted by molar-refractivity contribution is -0.120. The Kier molecular flexibility index (Phi) is 6.20. The third kappa shape index (κ3) is 4.28. The number of methoxy groups -OCH3 is 2. The highest BCUT2D eigenvalue weighted by Gasteiger charge is 2.14. The lowest BCUT2D eigenvalue weighted by atomic mass is 10.1. The molecule has 2 N–H and O–H groups in total. The Balaban J connectivity index is 1.46. The Morgan fingerprint density at radius 1 is 1.07 bits per heavy atom. The van der Waals surface area contributed by atoms with E-state index in [2.05, 4.69) is 10.6 Å². The maximum Gasteiger partial charge on any atom is 0.268 e. The smallest absolute Gasteiger partial charge is 0.268 e. The zero-order valence-corrected chi connectivity index (χ0v) is 16.9. The summed E-state index contributed by atoms with van der Waals surface area (Å²) in [6.07, 6.45) is 0.647. The molecule has 0 aliphatic carbocycles. The van der Waals surface area contributed by atoms with E-state index in [0.717, 1.165) is 15.8 Å². The first-order valence-electron chi connectivity index (χ1n) is 8.82. The summed E-state index contributed by atoms with van der Waals surface area (Å²) in [6.45, 7) is 0.396. The third-order valence-corrected chi connectivity index (χ3v) is 5.34. The molecule has 0 spiro atoms. The molecule has 0 radical (unpaired) electrons. The van der Waals surface area contributed by atoms with E-state index < -0.39 is 0 Å². The number of aryl methyl sites for hydroxylation is 1. The number of carbonyl (C=O) groups is 2. The standard InChI is InChI=1S/C20H23N3O4S/c1-23-14-7-9-28-18(14)11-15(23)20(25)22-12-19(24)21-8-6-13-4-5-16(26-2)17(10-13)27-3/h4-5,7,9-11H,6,8,12H2,1-3H3,(H,21,24)(H,22,25). The number of fused-ring (bicyclic) bond motifs is 1. The van der Waals surface area contributed by atoms with Crippen LogP contribution in [-0.2, 0) is 18.3 Å². The van der Waals surface area contributed by atoms with Gasteiger partial charge in [-0.25, -0.2) is 0 Å². The van der Waals surface area contributed by atoms with Crippen molar-refractivity contribution < 1.29 is 19.1 Å². The minimum atomic E-state index is -0.263. The summed E-state index contributed by atoms with van der Waals surface area (Å²) in [5, 5.41) is 7.46. The van der Waals surface area contributed by atoms with Gasteiger partial charge in [0.1, 0.15) is 5.69 Å². The van der Waals surface area contributed by atoms with Crippen LogP contribution in [0.1, 0.15) is 16.1 Å². The van der Waals surface area contributed by atoms with Crippen LogP contribution in [0.5, 0.6) is 11.5 Å². The van der Waals surface area contributed by atoms with E-state index in [1.54, 1.807) is 25.6 Å². The van der Waals surface area contributed by atoms with Gasteiger partial charge in [0.2, 0.25) is 5.91 Å². The molecule has 2 heterocycles. The van der Waals surface area contributed by atoms with Gasteiger partial charge >= 0.3 is 0 Å². The van der Waals surface area contributed by atoms with Crippen LogP contribution in [-0.4, -0.2) is 43.7 Å². The average molecular weight is 401 g/mol. The Morgan fingerprint density at radius 3 is 2.57 bits per heavy atom. The molecule has 3 rings (SSSR count). The first kappa shape index (κ1) is 19.8. The predicted octanol–water partition coefficient (Wildman–Crippen LogP) is 2.35. The zero-order chi connectivity index (χ0) is 20.1. The molecule has 0 saturated heterocycles. The first-order valence-corrected chi connectivity index (χ1v) is 9.70. The fourth-order valence-corrected chi connectivity index (χ4v) is 3.81. The monoisotopic (exact) mass is 401 g/mol. The molecule has 0 atom stereocenters. The van der Waals surface area contributed by atoms with E-state index in [1.807, 2.05) is 47.3 Å². The SMILES string of the molecule is COc1ccc(CCNC(=O)CNC(=O)c2cc3sccc3n2C)cc1OC. The predicted molar refractivity (Wildman–Crippen MR) is 109 cm³/mol. The number of nitrogens with zero attached hydrogens (tertiary/aromatic N) is 1. The number of carbonyl (C=O) groups excluding carboxylic acids is 2. The Bertz CT molecular complexity index is 993. The Morgan fingerprint density at radius 2 is 1.86 bits per heavy atom. The summed E-state index contributed by atoms with van der Waals surface area (Å²) in [7, 11) is 5.01. The molecule has 1 aromatic carbocycles. The minimum absolute atomic E-state index is 0.0659. The lowest BCUT2D eigenvalue weighted by Gasteiger charge is -2.10. The normalized spacial score (nSPS) is 10.7. The topological polar surface area (TPSA) is 81.6 Å². The number of thiophene rings is 1. The molecule has 148 valence electrons. The number of benzene rings is 1. The van der Waals surface area contributed by atoms with Gasteiger partial charge in [-0.3, -0.25) is 9.59 Å². The zero-order valence-electron chi connectivity index (χ0n) is 16.1. The molecule has 8 heteroatoms. The molecule has 0 aliphatic rings. The van der Waals surface area contributed by atoms with Gasteiger partial charge in [0.25, 0.3) is 5.91 Å². The minimum Gasteiger partial charge on any atom is -0.493 e. The second kappa shape index (κ2) is 8.79. The van der Waals surface area contributed by atoms with Gasteiger partial charge in [0.05, 0.1) is 31.0 Å². The third-order valence-electron chi connectivity index (χ3n) is 4.49. The first-order chi connectivity index (χ1) is 13.5. The second-order valence-electron chi connectivity index (χ2n) is 6.23. The maximum absolute atomic E-state index is 12.3. The van der Waals surface area contributed by atoms with Crippen LogP contribution in [0.2, 0.25) is 0 Å². The van der Waals surface area contributed by atoms with Crippen LogP contribution in [0.15, 0.2) is 35.7 Å². The van der Waals surface area contributed by atoms with E-state index in [9.17, 15) is 9.59 Å². The summed E-state index contributed by atoms with van der Waals surface area (Å²) in [5.41, 5.74) is 2.57. The van der Waals surface area contributed by atoms with Gasteiger partial charge in [0.15, 0.2) is 11.5 Å². The molecule has 3 aromatic rings. The van der Waals surface area contributed by atoms with E-state index >= 15 is 0 Å². The highest BCUT2D eigenvalue weighted by atomic mass is 32.1. The van der Waals surface area contributed by atoms with Crippen molar-refractivity contribution in [3.63, 3.8) is 0 Å². The van der Waals surface area contributed by atoms with E-state index in [-0.39, 0.29) is 18.4 Å². The van der Waals surface area contributed by atoms with Gasteiger partial charge in [-0.05, 0) is 41.6 Å². The van der Waals surface area contributed by atoms with Crippen LogP contribution < -0.4 is 20.1 Å². The number of rotatable bonds is 8. The lowest BCUT2D eigenvalue weighted by Crippen LogP contribution is -2.38. The number of hydrogen-bond acceptors (Lipinski definition) is 5. The fourth-order valence-electron chi connectivity index (χ4n) is 2.96. The van der Waals surface area contributed by atoms with Crippen molar-refractivity contribution >= 4 is 33.4 Å².